The molecule has 0 spiro atoms. The van der Waals surface area contributed by atoms with E-state index >= 15 is 0 Å². The number of aromatic nitrogens is 12. The van der Waals surface area contributed by atoms with Gasteiger partial charge in [-0.05, 0) is 298 Å². The van der Waals surface area contributed by atoms with Crippen LogP contribution in [0.1, 0.15) is 88.3 Å². The molecule has 7 aromatic carbocycles. The number of nitrogens with one attached hydrogen (secondary N) is 4. The van der Waals surface area contributed by atoms with Crippen molar-refractivity contribution >= 4 is 236 Å². The van der Waals surface area contributed by atoms with Crippen molar-refractivity contribution in [2.45, 2.75) is 90.0 Å². The van der Waals surface area contributed by atoms with Gasteiger partial charge in [-0.1, -0.05) is 6.07 Å². The van der Waals surface area contributed by atoms with Crippen LogP contribution < -0.4 is 49.7 Å². The molecule has 6 aromatic heterocycles. The molecule has 0 radical (unpaired) electrons. The normalized spacial score (nSPS) is 11.5. The number of halogens is 17. The van der Waals surface area contributed by atoms with Gasteiger partial charge >= 0.3 is 39.5 Å². The molecule has 0 bridgehead atoms. The number of nitrogens with two attached hydrogens (primary N) is 4. The van der Waals surface area contributed by atoms with Gasteiger partial charge in [0.2, 0.25) is 17.1 Å². The number of hydrazine groups is 1. The zero-order chi connectivity index (χ0) is 98.5. The number of rotatable bonds is 4. The third kappa shape index (κ3) is 40.5. The van der Waals surface area contributed by atoms with E-state index in [-0.39, 0.29) is 122 Å². The number of nitrogens with zero attached hydrogens (tertiary/aromatic N) is 17. The second-order valence-corrected chi connectivity index (χ2v) is 36.0. The zero-order valence-electron chi connectivity index (χ0n) is 73.7. The Morgan fingerprint density at radius 3 is 1.38 bits per heavy atom. The molecule has 0 saturated carbocycles. The molecule has 32 nitrogen and oxygen atoms in total. The molecule has 2 aliphatic rings. The Labute approximate surface area is 840 Å². The maximum absolute atomic E-state index is 14.4. The van der Waals surface area contributed by atoms with Crippen molar-refractivity contribution < 1.29 is 76.2 Å². The Kier molecular flexibility index (Phi) is 56.5. The van der Waals surface area contributed by atoms with Crippen LogP contribution in [0.3, 0.4) is 0 Å². The minimum atomic E-state index is -3.22. The summed E-state index contributed by atoms with van der Waals surface area (Å²) >= 11 is 28.1. The predicted octanol–water partition coefficient (Wildman–Crippen LogP) is 19.2. The van der Waals surface area contributed by atoms with Crippen LogP contribution in [-0.2, 0) is 35.9 Å². The van der Waals surface area contributed by atoms with E-state index in [1.807, 2.05) is 93.0 Å². The van der Waals surface area contributed by atoms with E-state index in [1.54, 1.807) is 98.7 Å². The minimum absolute atomic E-state index is 0. The van der Waals surface area contributed by atoms with E-state index in [0.29, 0.717) is 79.8 Å². The number of H-pyrrole nitrogens is 1. The standard InChI is InChI=1S/C16H19FN6.C11H8ClFN4.C11H9FN4O.C11H11FN2O2.C8H7FN2.C7H7FIN.C7H8FN.C5H12N2.C3H5ClO2.C2H6N2O.CN.Cl3OP.ClI.2ClH.Cu/c1-10-8-12-14(13(17)9-10)19-16(22-6-4-21(3)5-7-22)23-15(12)18-11(2)20-23;1-5-3-7-9(8(13)4-5)15-11(12)17-10(7)14-6(2)16-17;1-5-3-7-9(8(12)4-5)14-11(17)16-10(7)13-6(2)15-16;1-3-16-11(15)14-10-8(6-13)4-7(2)5-9(10)12;1-5-2-6(4-10)8(11)7(9)3-5;1-4-2-5(8)7(10)6(9)3-4;1-5-2-3-7(9)6(8)4-5;1-7-4-2-6-3-5-7;1-2-6-3(4)5;1-2(5)4-3;1-2;1-5(2,3)4;1-2;;;/h8-9H,4-7H2,1-3H3;3-4H,1-2H3;3-4H,1-2H3,(H,14,17);4-5H,3H2,1-2H3,(H,14,15);2-3H,11H2,1H3;2-3H,10H2,1H3;2-4H,9H2,1H3;6H,2-5H2,1H3;2H2,1H3;3H2,1H3,(H,4,5);;;;2*1H;/q;;;;;;;;;;-1;;;;;+1. The largest absolute Gasteiger partial charge is 1.00 e. The number of carbonyl (C=O) groups excluding carboxylic acids is 3. The smallest absolute Gasteiger partial charge is 0.512 e. The average molecular weight is 2310 g/mol. The number of piperazine rings is 2. The van der Waals surface area contributed by atoms with Gasteiger partial charge in [0.1, 0.15) is 81.4 Å². The first-order valence-electron chi connectivity index (χ1n) is 38.0. The van der Waals surface area contributed by atoms with Gasteiger partial charge in [-0.3, -0.25) is 20.1 Å². The van der Waals surface area contributed by atoms with E-state index in [9.17, 15) is 54.5 Å². The molecule has 8 heterocycles. The topological polar surface area (TPSA) is 457 Å². The van der Waals surface area contributed by atoms with Crippen molar-refractivity contribution in [3.05, 3.63) is 225 Å². The first-order valence-corrected chi connectivity index (χ1v) is 47.0. The van der Waals surface area contributed by atoms with E-state index < -0.39 is 45.7 Å². The molecule has 0 aliphatic carbocycles. The minimum Gasteiger partial charge on any atom is -0.512 e. The van der Waals surface area contributed by atoms with Crippen molar-refractivity contribution in [2.24, 2.45) is 5.84 Å². The number of carbonyl (C=O) groups is 3. The fourth-order valence-corrected chi connectivity index (χ4v) is 12.3. The van der Waals surface area contributed by atoms with Crippen LogP contribution in [0, 0.1) is 148 Å². The Bertz CT molecular complexity index is 6280. The number of hydrogen-bond acceptors (Lipinski definition) is 26. The van der Waals surface area contributed by atoms with Crippen LogP contribution in [0.15, 0.2) is 95.8 Å². The third-order valence-electron chi connectivity index (χ3n) is 16.9. The van der Waals surface area contributed by atoms with Gasteiger partial charge in [0.05, 0.1) is 52.6 Å². The number of benzene rings is 7. The summed E-state index contributed by atoms with van der Waals surface area (Å²) in [5.74, 6) is 3.73. The number of likely N-dealkylation sites (N-methyl/N-ethyl adjacent to an activating group) is 2. The van der Waals surface area contributed by atoms with Crippen LogP contribution in [0.25, 0.3) is 49.7 Å². The summed E-state index contributed by atoms with van der Waals surface area (Å²) in [7, 11) is 8.86. The van der Waals surface area contributed by atoms with Crippen molar-refractivity contribution in [2.75, 3.05) is 107 Å². The van der Waals surface area contributed by atoms with Crippen molar-refractivity contribution in [1.82, 2.24) is 79.3 Å². The van der Waals surface area contributed by atoms with Crippen LogP contribution in [-0.4, -0.2) is 166 Å². The summed E-state index contributed by atoms with van der Waals surface area (Å²) < 4.78 is 117. The van der Waals surface area contributed by atoms with Gasteiger partial charge in [-0.2, -0.15) is 24.1 Å². The molecular formula is C82H94Cl8CuF7I2N25O7P. The number of hydrogen-bond donors (Lipinski definition) is 8. The van der Waals surface area contributed by atoms with Gasteiger partial charge in [0.25, 0.3) is 0 Å². The number of fused-ring (bicyclic) bond motifs is 9. The summed E-state index contributed by atoms with van der Waals surface area (Å²) in [6, 6.07) is 27.1. The number of aromatic amines is 1. The molecule has 724 valence electrons. The van der Waals surface area contributed by atoms with Crippen LogP contribution in [0.2, 0.25) is 5.28 Å². The van der Waals surface area contributed by atoms with E-state index in [4.69, 9.17) is 62.8 Å². The number of ether oxygens (including phenoxy) is 2. The first-order chi connectivity index (χ1) is 61.1. The molecule has 2 saturated heterocycles. The Hall–Kier alpha value is -9.47. The first kappa shape index (κ1) is 124. The number of nitriles is 2. The molecule has 2 fully saturated rings. The fraction of sp³-hybridized carbons (Fsp3) is 0.305. The van der Waals surface area contributed by atoms with Crippen LogP contribution >= 0.6 is 140 Å². The van der Waals surface area contributed by atoms with Crippen molar-refractivity contribution in [3.63, 3.8) is 0 Å². The van der Waals surface area contributed by atoms with Gasteiger partial charge in [-0.15, -0.1) is 40.1 Å². The Balaban J connectivity index is 0.00000148. The third-order valence-corrected chi connectivity index (χ3v) is 18.2. The van der Waals surface area contributed by atoms with Gasteiger partial charge in [0, 0.05) is 112 Å². The summed E-state index contributed by atoms with van der Waals surface area (Å²) in [5, 5.41) is 40.3. The molecule has 2 amide bonds. The molecule has 133 heavy (non-hydrogen) atoms. The molecule has 12 N–H and O–H groups in total. The monoisotopic (exact) mass is 2300 g/mol. The van der Waals surface area contributed by atoms with Crippen molar-refractivity contribution in [1.29, 1.82) is 15.8 Å². The van der Waals surface area contributed by atoms with E-state index in [0.717, 1.165) is 75.2 Å². The second-order valence-electron chi connectivity index (χ2n) is 27.6. The molecule has 0 unspecified atom stereocenters. The van der Waals surface area contributed by atoms with E-state index in [1.165, 1.54) is 73.1 Å². The SMILES string of the molecule is CC(=O)NN.CCOC(=O)Cl.CCOC(=O)Nc1c(F)cc(C)cc1C#N.CN1CCNCC1.Cc1cc(F)c(N)c(C#N)c1.Cc1cc(F)c(N)c(I)c1.Cc1cc(F)c2[nH]c(=O)n3nc(C)nc3c2c1.Cc1cc(F)c2nc(Cl)n3nc(C)nc3c2c1.Cc1cc(F)c2nc(N3CCN(C)CC3)n3nc(C)nc3c2c1.Cc1ccc(N)c(F)c1.Cl.Cl.ClI.O=P(Cl)(Cl)Cl.[C-]#N.[Cu+]. The maximum Gasteiger partial charge on any atom is 1.00 e. The maximum atomic E-state index is 14.4. The Morgan fingerprint density at radius 2 is 0.947 bits per heavy atom. The molecule has 2 aliphatic heterocycles. The number of amides is 2. The number of anilines is 5. The fourth-order valence-electron chi connectivity index (χ4n) is 11.2. The summed E-state index contributed by atoms with van der Waals surface area (Å²) in [6.07, 6.45) is -0.776. The summed E-state index contributed by atoms with van der Waals surface area (Å²) in [6.45, 7) is 36.1. The van der Waals surface area contributed by atoms with Gasteiger partial charge in [-0.25, -0.2) is 75.9 Å². The van der Waals surface area contributed by atoms with Gasteiger partial charge in [0.15, 0.2) is 16.9 Å². The predicted molar refractivity (Wildman–Crippen MR) is 527 cm³/mol. The van der Waals surface area contributed by atoms with E-state index in [2.05, 4.69) is 143 Å². The molecule has 0 atom stereocenters. The molecular weight excluding hydrogens is 2210 g/mol. The zero-order valence-corrected chi connectivity index (χ0v) is 86.1. The number of nitrogen functional groups attached to an aromatic ring is 3. The van der Waals surface area contributed by atoms with Gasteiger partial charge < -0.3 is 63.5 Å². The van der Waals surface area contributed by atoms with Crippen LogP contribution in [0.5, 0.6) is 0 Å². The molecule has 13 aromatic rings. The summed E-state index contributed by atoms with van der Waals surface area (Å²) in [5.41, 5.74) is 24.9. The quantitative estimate of drug-likeness (QED) is 0.00693. The van der Waals surface area contributed by atoms with Crippen molar-refractivity contribution in [3.8, 4) is 12.1 Å². The molecule has 15 rings (SSSR count). The van der Waals surface area contributed by atoms with Crippen LogP contribution in [0.4, 0.5) is 69.0 Å². The second kappa shape index (κ2) is 60.8. The number of aryl methyl sites for hydroxylation is 10. The molecule has 51 heteroatoms. The Morgan fingerprint density at radius 1 is 0.556 bits per heavy atom. The average Bonchev–Trinajstić information content (AvgIpc) is 1.65. The summed E-state index contributed by atoms with van der Waals surface area (Å²) in [4.78, 5) is 72.7.